The van der Waals surface area contributed by atoms with Crippen LogP contribution < -0.4 is 13.3 Å². The van der Waals surface area contributed by atoms with E-state index in [0.717, 1.165) is 38.5 Å². The molecule has 0 rings (SSSR count). The van der Waals surface area contributed by atoms with Gasteiger partial charge in [-0.15, -0.1) is 37.1 Å². The molecule has 0 aromatic heterocycles. The van der Waals surface area contributed by atoms with Crippen molar-refractivity contribution in [3.63, 3.8) is 0 Å². The molecule has 0 radical (unpaired) electrons. The van der Waals surface area contributed by atoms with E-state index in [-0.39, 0.29) is 34.6 Å². The Bertz CT molecular complexity index is 446. The molecule has 0 aromatic carbocycles. The maximum absolute atomic E-state index is 11.2. The molecule has 13 heteroatoms. The van der Waals surface area contributed by atoms with Crippen LogP contribution in [0.25, 0.3) is 0 Å². The number of aliphatic hydroxyl groups excluding tert-OH is 1. The molecule has 0 spiro atoms. The molecule has 0 unspecified atom stereocenters. The van der Waals surface area contributed by atoms with Gasteiger partial charge in [0.1, 0.15) is 4.32 Å². The second-order valence-corrected chi connectivity index (χ2v) is 27.6. The van der Waals surface area contributed by atoms with Gasteiger partial charge < -0.3 is 9.84 Å². The summed E-state index contributed by atoms with van der Waals surface area (Å²) in [6.45, 7) is 15.1. The van der Waals surface area contributed by atoms with Crippen LogP contribution in [-0.4, -0.2) is 37.6 Å². The molecule has 4 nitrogen and oxygen atoms in total. The number of carbonyl (C=O) groups excluding carboxylic acids is 2. The van der Waals surface area contributed by atoms with Gasteiger partial charge in [0.05, 0.1) is 10.9 Å². The number of aliphatic hydroxyl groups is 1. The molecule has 0 amide bonds. The Hall–Kier alpha value is 4.40. The fraction of sp³-hybridized carbons (Fsp3) is 0.700. The van der Waals surface area contributed by atoms with Crippen LogP contribution in [-0.2, 0) is 14.3 Å². The number of allylic oxidation sites excluding steroid dienone is 2. The summed E-state index contributed by atoms with van der Waals surface area (Å²) < 4.78 is 4.03. The van der Waals surface area contributed by atoms with E-state index < -0.39 is 8.65 Å². The number of alkyl halides is 2. The first-order chi connectivity index (χ1) is 14.8. The van der Waals surface area contributed by atoms with Gasteiger partial charge in [-0.25, -0.2) is 0 Å². The zero-order valence-corrected chi connectivity index (χ0v) is 37.2. The average Bonchev–Trinajstić information content (AvgIpc) is 2.70. The molecular formula is C20H36Br3I6O4-. The van der Waals surface area contributed by atoms with Crippen molar-refractivity contribution in [1.82, 2.24) is 0 Å². The monoisotopic (exact) mass is 1340 g/mol. The van der Waals surface area contributed by atoms with Crippen LogP contribution in [0.4, 0.5) is 0 Å². The van der Waals surface area contributed by atoms with E-state index in [9.17, 15) is 9.59 Å². The van der Waals surface area contributed by atoms with Crippen LogP contribution >= 0.6 is 146 Å². The van der Waals surface area contributed by atoms with Gasteiger partial charge in [-0.3, -0.25) is 9.59 Å². The van der Waals surface area contributed by atoms with Gasteiger partial charge >= 0.3 is 56.5 Å². The van der Waals surface area contributed by atoms with Gasteiger partial charge in [0.15, 0.2) is 0 Å². The number of hydrogen-bond donors (Lipinski definition) is 1. The summed E-state index contributed by atoms with van der Waals surface area (Å²) >= 11 is 18.7. The summed E-state index contributed by atoms with van der Waals surface area (Å²) in [6.07, 6.45) is 9.66. The van der Waals surface area contributed by atoms with Gasteiger partial charge in [-0.2, -0.15) is 0 Å². The van der Waals surface area contributed by atoms with Crippen LogP contribution in [0.5, 0.6) is 0 Å². The predicted octanol–water partition coefficient (Wildman–Crippen LogP) is 7.64. The van der Waals surface area contributed by atoms with E-state index >= 15 is 0 Å². The summed E-state index contributed by atoms with van der Waals surface area (Å²) in [5.74, 6) is -0.203. The van der Waals surface area contributed by atoms with Crippen molar-refractivity contribution in [3.8, 4) is 0 Å². The second kappa shape index (κ2) is 38.5. The Morgan fingerprint density at radius 1 is 0.939 bits per heavy atom. The third-order valence-corrected chi connectivity index (χ3v) is 5.01. The molecule has 0 bridgehead atoms. The standard InChI is InChI=1S/C10H17BrO2.C6H12O.C4H6Br2O.I3.I2.HI/c1-4-5-6-7-8-13-9(12)10(2,3)11;1-2-3-4-5-6-7;1-4(2,6)3(5)7;1-3-2;1-2;/h4H,1,5-8H2,2-3H3;2,7H,1,3-6H2;1-2H3;;;1H/q;;;-1;;. The average molecular weight is 1340 g/mol. The Morgan fingerprint density at radius 3 is 1.52 bits per heavy atom. The zero-order chi connectivity index (χ0) is 26.6. The minimum atomic E-state index is -0.564. The summed E-state index contributed by atoms with van der Waals surface area (Å²) in [4.78, 5) is 21.5. The first kappa shape index (κ1) is 50.3. The van der Waals surface area contributed by atoms with Crippen molar-refractivity contribution in [3.05, 3.63) is 25.3 Å². The Morgan fingerprint density at radius 2 is 1.27 bits per heavy atom. The summed E-state index contributed by atoms with van der Waals surface area (Å²) in [5, 5.41) is 8.26. The van der Waals surface area contributed by atoms with Crippen molar-refractivity contribution in [2.45, 2.75) is 74.9 Å². The van der Waals surface area contributed by atoms with Crippen molar-refractivity contribution >= 4 is 157 Å². The number of halogens is 9. The molecule has 0 aliphatic carbocycles. The molecule has 0 saturated heterocycles. The Balaban J connectivity index is -0.0000000783. The molecule has 0 aromatic rings. The number of rotatable bonds is 11. The van der Waals surface area contributed by atoms with Crippen LogP contribution in [0.2, 0.25) is 0 Å². The SMILES string of the molecule is C=CCCCCO.C=CCCCCOC(=O)C(C)(C)Br.CC(C)(Br)C(=O)Br.I.II.I[I-]I. The fourth-order valence-electron chi connectivity index (χ4n) is 1.13. The van der Waals surface area contributed by atoms with E-state index in [1.807, 2.05) is 12.2 Å². The van der Waals surface area contributed by atoms with Crippen molar-refractivity contribution < 1.29 is 32.7 Å². The Labute approximate surface area is 297 Å². The van der Waals surface area contributed by atoms with Crippen molar-refractivity contribution in [2.24, 2.45) is 0 Å². The molecule has 33 heavy (non-hydrogen) atoms. The number of hydrogen-bond acceptors (Lipinski definition) is 4. The number of esters is 1. The van der Waals surface area contributed by atoms with Crippen molar-refractivity contribution in [1.29, 1.82) is 0 Å². The van der Waals surface area contributed by atoms with Gasteiger partial charge in [0.2, 0.25) is 4.69 Å². The number of ether oxygens (including phenoxy) is 1. The van der Waals surface area contributed by atoms with E-state index in [0.29, 0.717) is 26.5 Å². The normalized spacial score (nSPS) is 9.45. The molecule has 0 aliphatic rings. The van der Waals surface area contributed by atoms with Gasteiger partial charge in [0, 0.05) is 43.8 Å². The molecule has 204 valence electrons. The van der Waals surface area contributed by atoms with Crippen LogP contribution in [0.1, 0.15) is 66.2 Å². The first-order valence-electron chi connectivity index (χ1n) is 9.35. The van der Waals surface area contributed by atoms with Crippen LogP contribution in [0.3, 0.4) is 0 Å². The van der Waals surface area contributed by atoms with Crippen LogP contribution in [0, 0.1) is 0 Å². The molecule has 0 saturated carbocycles. The van der Waals surface area contributed by atoms with E-state index in [4.69, 9.17) is 9.84 Å². The first-order valence-corrected chi connectivity index (χ1v) is 30.6. The van der Waals surface area contributed by atoms with E-state index in [1.54, 1.807) is 27.7 Å². The number of unbranched alkanes of at least 4 members (excludes halogenated alkanes) is 4. The summed E-state index contributed by atoms with van der Waals surface area (Å²) in [7, 11) is 0. The van der Waals surface area contributed by atoms with Gasteiger partial charge in [-0.05, 0) is 82.1 Å². The fourth-order valence-corrected chi connectivity index (χ4v) is 1.24. The van der Waals surface area contributed by atoms with E-state index in [1.165, 1.54) is 0 Å². The minimum absolute atomic E-state index is 0. The van der Waals surface area contributed by atoms with E-state index in [2.05, 4.69) is 135 Å². The molecule has 0 heterocycles. The Kier molecular flexibility index (Phi) is 58.7. The van der Waals surface area contributed by atoms with Gasteiger partial charge in [0.25, 0.3) is 0 Å². The number of carbonyl (C=O) groups is 2. The quantitative estimate of drug-likeness (QED) is 0.0578. The molecular weight excluding hydrogens is 1310 g/mol. The molecule has 0 atom stereocenters. The summed E-state index contributed by atoms with van der Waals surface area (Å²) in [6, 6.07) is 0. The topological polar surface area (TPSA) is 63.6 Å². The molecule has 1 N–H and O–H groups in total. The zero-order valence-electron chi connectivity index (χ0n) is 19.3. The van der Waals surface area contributed by atoms with Gasteiger partial charge in [-0.1, -0.05) is 44.0 Å². The summed E-state index contributed by atoms with van der Waals surface area (Å²) in [5.41, 5.74) is 0. The second-order valence-electron chi connectivity index (χ2n) is 6.70. The molecule has 0 fully saturated rings. The van der Waals surface area contributed by atoms with Crippen LogP contribution in [0.15, 0.2) is 25.3 Å². The van der Waals surface area contributed by atoms with Crippen molar-refractivity contribution in [2.75, 3.05) is 13.2 Å². The predicted molar refractivity (Wildman–Crippen MR) is 198 cm³/mol. The third kappa shape index (κ3) is 57.4. The molecule has 0 aliphatic heterocycles. The third-order valence-electron chi connectivity index (χ3n) is 2.80. The maximum atomic E-state index is 11.2.